The number of aromatic hydroxyl groups is 2. The van der Waals surface area contributed by atoms with Crippen molar-refractivity contribution in [3.8, 4) is 22.6 Å². The van der Waals surface area contributed by atoms with E-state index in [1.165, 1.54) is 0 Å². The summed E-state index contributed by atoms with van der Waals surface area (Å²) in [5, 5.41) is 21.7. The molecule has 3 heteroatoms. The highest BCUT2D eigenvalue weighted by Crippen LogP contribution is 2.41. The Bertz CT molecular complexity index is 1150. The average molecular weight is 430 g/mol. The molecular weight excluding hydrogens is 394 g/mol. The van der Waals surface area contributed by atoms with E-state index in [-0.39, 0.29) is 22.3 Å². The molecule has 0 saturated heterocycles. The molecule has 3 nitrogen and oxygen atoms in total. The highest BCUT2D eigenvalue weighted by atomic mass is 16.3. The van der Waals surface area contributed by atoms with Crippen LogP contribution in [0.5, 0.6) is 11.5 Å². The van der Waals surface area contributed by atoms with Gasteiger partial charge in [-0.25, -0.2) is 0 Å². The van der Waals surface area contributed by atoms with Crippen molar-refractivity contribution in [2.24, 2.45) is 4.99 Å². The topological polar surface area (TPSA) is 52.8 Å². The second kappa shape index (κ2) is 8.46. The molecule has 3 aromatic carbocycles. The summed E-state index contributed by atoms with van der Waals surface area (Å²) in [5.74, 6) is 0.505. The molecule has 0 unspecified atom stereocenters. The van der Waals surface area contributed by atoms with E-state index in [9.17, 15) is 10.2 Å². The Labute approximate surface area is 192 Å². The Morgan fingerprint density at radius 2 is 1.34 bits per heavy atom. The molecule has 168 valence electrons. The molecular formula is C29H35NO2. The summed E-state index contributed by atoms with van der Waals surface area (Å²) >= 11 is 0. The Hall–Kier alpha value is -3.07. The van der Waals surface area contributed by atoms with E-state index in [0.717, 1.165) is 39.1 Å². The lowest BCUT2D eigenvalue weighted by atomic mass is 9.79. The van der Waals surface area contributed by atoms with Crippen molar-refractivity contribution >= 4 is 11.9 Å². The van der Waals surface area contributed by atoms with Gasteiger partial charge in [-0.05, 0) is 59.6 Å². The number of aryl methyl sites for hydroxylation is 2. The van der Waals surface area contributed by atoms with Crippen molar-refractivity contribution in [2.45, 2.75) is 66.2 Å². The zero-order valence-corrected chi connectivity index (χ0v) is 20.5. The van der Waals surface area contributed by atoms with Crippen molar-refractivity contribution in [3.63, 3.8) is 0 Å². The van der Waals surface area contributed by atoms with Crippen LogP contribution in [0.1, 0.15) is 69.4 Å². The van der Waals surface area contributed by atoms with Crippen LogP contribution in [0.15, 0.2) is 53.5 Å². The lowest BCUT2D eigenvalue weighted by Gasteiger charge is -2.27. The summed E-state index contributed by atoms with van der Waals surface area (Å²) in [7, 11) is 0. The number of phenolic OH excluding ortho intramolecular Hbond substituents is 2. The Kier molecular flexibility index (Phi) is 6.24. The molecule has 0 radical (unpaired) electrons. The van der Waals surface area contributed by atoms with E-state index >= 15 is 0 Å². The molecule has 0 bridgehead atoms. The second-order valence-corrected chi connectivity index (χ2v) is 10.7. The maximum atomic E-state index is 11.1. The fourth-order valence-corrected chi connectivity index (χ4v) is 3.96. The summed E-state index contributed by atoms with van der Waals surface area (Å²) < 4.78 is 0. The van der Waals surface area contributed by atoms with E-state index < -0.39 is 0 Å². The highest BCUT2D eigenvalue weighted by Gasteiger charge is 2.24. The average Bonchev–Trinajstić information content (AvgIpc) is 2.66. The van der Waals surface area contributed by atoms with Crippen molar-refractivity contribution in [1.82, 2.24) is 0 Å². The molecule has 0 spiro atoms. The quantitative estimate of drug-likeness (QED) is 0.419. The van der Waals surface area contributed by atoms with Gasteiger partial charge in [0, 0.05) is 28.5 Å². The molecule has 3 aromatic rings. The standard InChI is InChI=1S/C29H35NO2/c1-18-11-9-13-23(25(18)26-19(2)12-10-14-24(26)31)30-17-20-15-21(28(3,4)5)16-22(27(20)32)29(6,7)8/h9-17,31-32H,1-8H3. The molecule has 0 aromatic heterocycles. The van der Waals surface area contributed by atoms with Gasteiger partial charge in [0.05, 0.1) is 5.69 Å². The summed E-state index contributed by atoms with van der Waals surface area (Å²) in [6, 6.07) is 15.6. The van der Waals surface area contributed by atoms with Crippen LogP contribution < -0.4 is 0 Å². The number of benzene rings is 3. The minimum atomic E-state index is -0.199. The summed E-state index contributed by atoms with van der Waals surface area (Å²) in [5.41, 5.74) is 6.98. The van der Waals surface area contributed by atoms with Gasteiger partial charge in [-0.15, -0.1) is 0 Å². The van der Waals surface area contributed by atoms with Crippen LogP contribution in [0.3, 0.4) is 0 Å². The maximum Gasteiger partial charge on any atom is 0.128 e. The molecule has 0 aliphatic rings. The van der Waals surface area contributed by atoms with Crippen LogP contribution in [-0.4, -0.2) is 16.4 Å². The molecule has 0 atom stereocenters. The fraction of sp³-hybridized carbons (Fsp3) is 0.345. The molecule has 0 heterocycles. The Morgan fingerprint density at radius 3 is 1.91 bits per heavy atom. The van der Waals surface area contributed by atoms with Gasteiger partial charge in [0.1, 0.15) is 11.5 Å². The van der Waals surface area contributed by atoms with E-state index in [0.29, 0.717) is 5.56 Å². The van der Waals surface area contributed by atoms with Crippen LogP contribution >= 0.6 is 0 Å². The molecule has 0 saturated carbocycles. The number of phenols is 2. The van der Waals surface area contributed by atoms with Crippen LogP contribution in [0, 0.1) is 13.8 Å². The van der Waals surface area contributed by atoms with E-state index in [2.05, 4.69) is 47.6 Å². The number of hydrogen-bond acceptors (Lipinski definition) is 3. The van der Waals surface area contributed by atoms with Crippen molar-refractivity contribution in [2.75, 3.05) is 0 Å². The van der Waals surface area contributed by atoms with Crippen molar-refractivity contribution in [3.05, 3.63) is 76.3 Å². The normalized spacial score (nSPS) is 12.5. The molecule has 0 aliphatic heterocycles. The zero-order chi connectivity index (χ0) is 23.8. The van der Waals surface area contributed by atoms with Gasteiger partial charge >= 0.3 is 0 Å². The van der Waals surface area contributed by atoms with E-state index in [4.69, 9.17) is 4.99 Å². The first-order valence-corrected chi connectivity index (χ1v) is 11.1. The lowest BCUT2D eigenvalue weighted by molar-refractivity contribution is 0.444. The number of aliphatic imine (C=N–C) groups is 1. The van der Waals surface area contributed by atoms with Gasteiger partial charge in [0.25, 0.3) is 0 Å². The molecule has 3 rings (SSSR count). The second-order valence-electron chi connectivity index (χ2n) is 10.7. The Balaban J connectivity index is 2.21. The maximum absolute atomic E-state index is 11.1. The predicted molar refractivity (Wildman–Crippen MR) is 136 cm³/mol. The molecule has 32 heavy (non-hydrogen) atoms. The first-order chi connectivity index (χ1) is 14.8. The van der Waals surface area contributed by atoms with Gasteiger partial charge < -0.3 is 10.2 Å². The first-order valence-electron chi connectivity index (χ1n) is 11.1. The van der Waals surface area contributed by atoms with Crippen molar-refractivity contribution in [1.29, 1.82) is 0 Å². The van der Waals surface area contributed by atoms with Crippen molar-refractivity contribution < 1.29 is 10.2 Å². The van der Waals surface area contributed by atoms with Gasteiger partial charge in [0.2, 0.25) is 0 Å². The van der Waals surface area contributed by atoms with Crippen LogP contribution in [0.4, 0.5) is 5.69 Å². The van der Waals surface area contributed by atoms with E-state index in [1.807, 2.05) is 50.2 Å². The third kappa shape index (κ3) is 4.72. The summed E-state index contributed by atoms with van der Waals surface area (Å²) in [6.07, 6.45) is 1.74. The smallest absolute Gasteiger partial charge is 0.128 e. The highest BCUT2D eigenvalue weighted by molar-refractivity contribution is 5.91. The van der Waals surface area contributed by atoms with E-state index in [1.54, 1.807) is 12.3 Å². The molecule has 0 aliphatic carbocycles. The molecule has 0 amide bonds. The third-order valence-electron chi connectivity index (χ3n) is 5.91. The summed E-state index contributed by atoms with van der Waals surface area (Å²) in [4.78, 5) is 4.81. The largest absolute Gasteiger partial charge is 0.507 e. The third-order valence-corrected chi connectivity index (χ3v) is 5.91. The predicted octanol–water partition coefficient (Wildman–Crippen LogP) is 7.73. The Morgan fingerprint density at radius 1 is 0.750 bits per heavy atom. The minimum Gasteiger partial charge on any atom is -0.507 e. The number of nitrogens with zero attached hydrogens (tertiary/aromatic N) is 1. The summed E-state index contributed by atoms with van der Waals surface area (Å²) in [6.45, 7) is 16.9. The van der Waals surface area contributed by atoms with Gasteiger partial charge in [-0.3, -0.25) is 4.99 Å². The molecule has 0 fully saturated rings. The number of hydrogen-bond donors (Lipinski definition) is 2. The zero-order valence-electron chi connectivity index (χ0n) is 20.5. The fourth-order valence-electron chi connectivity index (χ4n) is 3.96. The lowest BCUT2D eigenvalue weighted by Crippen LogP contribution is -2.17. The van der Waals surface area contributed by atoms with Crippen LogP contribution in [0.25, 0.3) is 11.1 Å². The molecule has 2 N–H and O–H groups in total. The SMILES string of the molecule is Cc1cccc(O)c1-c1c(C)cccc1N=Cc1cc(C(C)(C)C)cc(C(C)(C)C)c1O. The number of rotatable bonds is 3. The van der Waals surface area contributed by atoms with Gasteiger partial charge in [-0.1, -0.05) is 71.9 Å². The van der Waals surface area contributed by atoms with Gasteiger partial charge in [-0.2, -0.15) is 0 Å². The van der Waals surface area contributed by atoms with Crippen LogP contribution in [-0.2, 0) is 10.8 Å². The first kappa shape index (κ1) is 23.6. The monoisotopic (exact) mass is 429 g/mol. The van der Waals surface area contributed by atoms with Gasteiger partial charge in [0.15, 0.2) is 0 Å². The van der Waals surface area contributed by atoms with Crippen LogP contribution in [0.2, 0.25) is 0 Å². The minimum absolute atomic E-state index is 0.0578.